The molecule has 150 valence electrons. The highest BCUT2D eigenvalue weighted by molar-refractivity contribution is 7.92. The third kappa shape index (κ3) is 4.67. The molecule has 2 aromatic heterocycles. The Morgan fingerprint density at radius 2 is 2.10 bits per heavy atom. The van der Waals surface area contributed by atoms with Crippen LogP contribution in [0.2, 0.25) is 0 Å². The molecule has 8 heteroatoms. The number of hydrogen-bond acceptors (Lipinski definition) is 8. The largest absolute Gasteiger partial charge is 0.453 e. The number of nitrogens with zero attached hydrogens (tertiary/aromatic N) is 2. The van der Waals surface area contributed by atoms with Gasteiger partial charge < -0.3 is 13.9 Å². The van der Waals surface area contributed by atoms with Gasteiger partial charge in [0.1, 0.15) is 17.9 Å². The van der Waals surface area contributed by atoms with Gasteiger partial charge in [-0.25, -0.2) is 9.97 Å². The second-order valence-corrected chi connectivity index (χ2v) is 7.47. The predicted molar refractivity (Wildman–Crippen MR) is 112 cm³/mol. The lowest BCUT2D eigenvalue weighted by molar-refractivity contribution is 0.101. The van der Waals surface area contributed by atoms with Crippen molar-refractivity contribution in [2.75, 3.05) is 11.9 Å². The zero-order chi connectivity index (χ0) is 20.1. The van der Waals surface area contributed by atoms with E-state index < -0.39 is 0 Å². The lowest BCUT2D eigenvalue weighted by Crippen LogP contribution is -2.20. The number of ketones is 1. The summed E-state index contributed by atoms with van der Waals surface area (Å²) in [6, 6.07) is 13.4. The average Bonchev–Trinajstić information content (AvgIpc) is 3.43. The Balaban J connectivity index is 1.48. The van der Waals surface area contributed by atoms with E-state index in [9.17, 15) is 4.79 Å². The van der Waals surface area contributed by atoms with Crippen LogP contribution in [0.3, 0.4) is 0 Å². The molecular weight excluding hydrogens is 388 g/mol. The Morgan fingerprint density at radius 3 is 2.93 bits per heavy atom. The van der Waals surface area contributed by atoms with Gasteiger partial charge in [-0.3, -0.25) is 9.93 Å². The maximum atomic E-state index is 13.0. The summed E-state index contributed by atoms with van der Waals surface area (Å²) in [4.78, 5) is 21.4. The minimum atomic E-state index is -0.243. The molecule has 0 amide bonds. The average molecular weight is 410 g/mol. The van der Waals surface area contributed by atoms with Crippen LogP contribution < -0.4 is 10.5 Å². The number of rotatable bonds is 8. The van der Waals surface area contributed by atoms with E-state index in [4.69, 9.17) is 13.7 Å². The van der Waals surface area contributed by atoms with E-state index in [1.807, 2.05) is 30.3 Å². The molecule has 0 bridgehead atoms. The van der Waals surface area contributed by atoms with Gasteiger partial charge in [-0.1, -0.05) is 30.3 Å². The van der Waals surface area contributed by atoms with Crippen molar-refractivity contribution in [2.45, 2.75) is 25.3 Å². The Labute approximate surface area is 173 Å². The van der Waals surface area contributed by atoms with Gasteiger partial charge in [-0.05, 0) is 37.3 Å². The summed E-state index contributed by atoms with van der Waals surface area (Å²) >= 11 is 0.902. The minimum Gasteiger partial charge on any atom is -0.453 e. The van der Waals surface area contributed by atoms with Gasteiger partial charge >= 0.3 is 0 Å². The second kappa shape index (κ2) is 9.21. The highest BCUT2D eigenvalue weighted by Gasteiger charge is 2.27. The molecule has 3 aromatic rings. The summed E-state index contributed by atoms with van der Waals surface area (Å²) in [7, 11) is 0. The van der Waals surface area contributed by atoms with Crippen LogP contribution in [0.1, 0.15) is 35.4 Å². The molecule has 2 heterocycles. The molecule has 0 saturated heterocycles. The molecule has 29 heavy (non-hydrogen) atoms. The number of furan rings is 1. The van der Waals surface area contributed by atoms with Crippen molar-refractivity contribution in [3.05, 3.63) is 66.3 Å². The molecule has 0 radical (unpaired) electrons. The van der Waals surface area contributed by atoms with E-state index in [0.29, 0.717) is 29.7 Å². The van der Waals surface area contributed by atoms with Gasteiger partial charge in [-0.2, -0.15) is 0 Å². The summed E-state index contributed by atoms with van der Waals surface area (Å²) in [5.41, 5.74) is 1.32. The molecule has 0 aliphatic heterocycles. The first-order valence-electron chi connectivity index (χ1n) is 9.49. The van der Waals surface area contributed by atoms with Crippen molar-refractivity contribution in [2.24, 2.45) is 11.1 Å². The smallest absolute Gasteiger partial charge is 0.233 e. The molecule has 3 N–H and O–H groups in total. The molecule has 1 saturated carbocycles. The van der Waals surface area contributed by atoms with Gasteiger partial charge in [0.15, 0.2) is 5.76 Å². The Morgan fingerprint density at radius 1 is 1.24 bits per heavy atom. The van der Waals surface area contributed by atoms with E-state index in [-0.39, 0.29) is 17.6 Å². The van der Waals surface area contributed by atoms with Crippen molar-refractivity contribution < 1.29 is 13.4 Å². The molecule has 1 aromatic carbocycles. The number of aromatic nitrogens is 2. The number of carbonyl (C=O) groups excluding carboxylic acids is 1. The maximum absolute atomic E-state index is 13.0. The van der Waals surface area contributed by atoms with Crippen molar-refractivity contribution in [1.29, 1.82) is 0 Å². The molecule has 7 nitrogen and oxygen atoms in total. The van der Waals surface area contributed by atoms with Gasteiger partial charge in [0.2, 0.25) is 5.78 Å². The number of nitrogens with one attached hydrogen (secondary N) is 1. The van der Waals surface area contributed by atoms with Gasteiger partial charge in [0, 0.05) is 17.8 Å². The first kappa shape index (κ1) is 19.6. The van der Waals surface area contributed by atoms with Crippen LogP contribution in [0.15, 0.2) is 59.4 Å². The van der Waals surface area contributed by atoms with Crippen LogP contribution >= 0.6 is 12.2 Å². The number of carbonyl (C=O) groups is 1. The molecule has 2 unspecified atom stereocenters. The fourth-order valence-electron chi connectivity index (χ4n) is 3.65. The molecule has 4 rings (SSSR count). The summed E-state index contributed by atoms with van der Waals surface area (Å²) in [6.07, 6.45) is 5.95. The third-order valence-electron chi connectivity index (χ3n) is 5.10. The van der Waals surface area contributed by atoms with E-state index in [1.54, 1.807) is 12.1 Å². The summed E-state index contributed by atoms with van der Waals surface area (Å²) < 4.78 is 11.1. The number of anilines is 1. The standard InChI is InChI=1S/C21H22N4O3S/c22-29-27-12-14-6-7-16(10-14)25-21-17(11-23-13-24-21)20(26)19-9-8-18(28-19)15-4-2-1-3-5-15/h1-5,8-9,11,13-14,16H,6-7,10,12,22H2,(H,23,24,25). The Hall–Kier alpha value is -2.68. The number of nitrogens with two attached hydrogens (primary N) is 1. The van der Waals surface area contributed by atoms with Crippen LogP contribution in [-0.2, 0) is 4.18 Å². The van der Waals surface area contributed by atoms with Crippen LogP contribution in [0.4, 0.5) is 5.82 Å². The lowest BCUT2D eigenvalue weighted by atomic mass is 10.1. The number of hydrogen-bond donors (Lipinski definition) is 2. The third-order valence-corrected chi connectivity index (χ3v) is 5.37. The van der Waals surface area contributed by atoms with E-state index >= 15 is 0 Å². The van der Waals surface area contributed by atoms with Gasteiger partial charge in [0.05, 0.1) is 24.4 Å². The van der Waals surface area contributed by atoms with Gasteiger partial charge in [0.25, 0.3) is 0 Å². The molecule has 1 aliphatic rings. The SMILES string of the molecule is NSOCC1CCC(Nc2ncncc2C(=O)c2ccc(-c3ccccc3)o2)C1. The Bertz CT molecular complexity index is 963. The van der Waals surface area contributed by atoms with Gasteiger partial charge in [-0.15, -0.1) is 0 Å². The maximum Gasteiger partial charge on any atom is 0.233 e. The quantitative estimate of drug-likeness (QED) is 0.325. The predicted octanol–water partition coefficient (Wildman–Crippen LogP) is 4.09. The number of benzene rings is 1. The topological polar surface area (TPSA) is 103 Å². The molecule has 1 fully saturated rings. The molecule has 1 aliphatic carbocycles. The van der Waals surface area contributed by atoms with E-state index in [0.717, 1.165) is 37.1 Å². The summed E-state index contributed by atoms with van der Waals surface area (Å²) in [6.45, 7) is 0.629. The van der Waals surface area contributed by atoms with Crippen LogP contribution in [0.25, 0.3) is 11.3 Å². The van der Waals surface area contributed by atoms with Crippen molar-refractivity contribution in [3.63, 3.8) is 0 Å². The minimum absolute atomic E-state index is 0.226. The highest BCUT2D eigenvalue weighted by Crippen LogP contribution is 2.30. The Kier molecular flexibility index (Phi) is 6.24. The highest BCUT2D eigenvalue weighted by atomic mass is 32.2. The van der Waals surface area contributed by atoms with E-state index in [1.165, 1.54) is 12.5 Å². The molecule has 2 atom stereocenters. The second-order valence-electron chi connectivity index (χ2n) is 7.05. The van der Waals surface area contributed by atoms with Crippen molar-refractivity contribution >= 4 is 23.8 Å². The van der Waals surface area contributed by atoms with Crippen molar-refractivity contribution in [3.8, 4) is 11.3 Å². The molecule has 0 spiro atoms. The first-order chi connectivity index (χ1) is 14.2. The zero-order valence-corrected chi connectivity index (χ0v) is 16.6. The fraction of sp³-hybridized carbons (Fsp3) is 0.286. The summed E-state index contributed by atoms with van der Waals surface area (Å²) in [5.74, 6) is 1.65. The lowest BCUT2D eigenvalue weighted by Gasteiger charge is -2.15. The van der Waals surface area contributed by atoms with E-state index in [2.05, 4.69) is 15.3 Å². The monoisotopic (exact) mass is 410 g/mol. The zero-order valence-electron chi connectivity index (χ0n) is 15.8. The van der Waals surface area contributed by atoms with Crippen LogP contribution in [-0.4, -0.2) is 28.4 Å². The van der Waals surface area contributed by atoms with Crippen molar-refractivity contribution in [1.82, 2.24) is 9.97 Å². The molecular formula is C21H22N4O3S. The first-order valence-corrected chi connectivity index (χ1v) is 10.3. The normalized spacial score (nSPS) is 18.7. The van der Waals surface area contributed by atoms with Crippen LogP contribution in [0.5, 0.6) is 0 Å². The summed E-state index contributed by atoms with van der Waals surface area (Å²) in [5, 5.41) is 8.73. The van der Waals surface area contributed by atoms with Crippen LogP contribution in [0, 0.1) is 5.92 Å². The fourth-order valence-corrected chi connectivity index (χ4v) is 3.92.